The smallest absolute Gasteiger partial charge is 0.157 e. The van der Waals surface area contributed by atoms with Crippen LogP contribution in [0.5, 0.6) is 0 Å². The summed E-state index contributed by atoms with van der Waals surface area (Å²) in [6.45, 7) is 0. The summed E-state index contributed by atoms with van der Waals surface area (Å²) < 4.78 is 27.4. The topological polar surface area (TPSA) is 79.4 Å². The highest BCUT2D eigenvalue weighted by atomic mass is 19.1. The average Bonchev–Trinajstić information content (AvgIpc) is 3.24. The van der Waals surface area contributed by atoms with Crippen molar-refractivity contribution in [1.82, 2.24) is 25.1 Å². The van der Waals surface area contributed by atoms with Gasteiger partial charge in [0.15, 0.2) is 5.82 Å². The summed E-state index contributed by atoms with van der Waals surface area (Å²) in [4.78, 5) is 13.2. The lowest BCUT2D eigenvalue weighted by Crippen LogP contribution is -2.00. The van der Waals surface area contributed by atoms with E-state index in [-0.39, 0.29) is 5.69 Å². The highest BCUT2D eigenvalue weighted by Gasteiger charge is 2.15. The predicted molar refractivity (Wildman–Crippen MR) is 102 cm³/mol. The Balaban J connectivity index is 1.79. The number of hydrogen-bond donors (Lipinski definition) is 2. The number of halogens is 2. The van der Waals surface area contributed by atoms with Crippen molar-refractivity contribution in [3.8, 4) is 11.4 Å². The number of nitrogens with one attached hydrogen (secondary N) is 2. The van der Waals surface area contributed by atoms with Crippen LogP contribution in [-0.2, 0) is 0 Å². The second-order valence-corrected chi connectivity index (χ2v) is 6.17. The number of benzene rings is 2. The molecule has 0 radical (unpaired) electrons. The van der Waals surface area contributed by atoms with Gasteiger partial charge in [0.05, 0.1) is 11.2 Å². The molecule has 5 aromatic rings. The van der Waals surface area contributed by atoms with E-state index in [0.717, 1.165) is 27.8 Å². The minimum absolute atomic E-state index is 0.128. The molecule has 0 saturated heterocycles. The fourth-order valence-electron chi connectivity index (χ4n) is 3.21. The van der Waals surface area contributed by atoms with Crippen LogP contribution in [0.1, 0.15) is 0 Å². The maximum Gasteiger partial charge on any atom is 0.157 e. The van der Waals surface area contributed by atoms with E-state index in [4.69, 9.17) is 4.98 Å². The normalized spacial score (nSPS) is 11.2. The van der Waals surface area contributed by atoms with Crippen LogP contribution >= 0.6 is 0 Å². The molecule has 0 aliphatic rings. The van der Waals surface area contributed by atoms with Gasteiger partial charge in [0.25, 0.3) is 0 Å². The number of para-hydroxylation sites is 1. The molecule has 0 atom stereocenters. The quantitative estimate of drug-likeness (QED) is 0.452. The zero-order valence-corrected chi connectivity index (χ0v) is 14.3. The molecule has 6 nitrogen and oxygen atoms in total. The zero-order valence-electron chi connectivity index (χ0n) is 14.3. The Morgan fingerprint density at radius 2 is 1.89 bits per heavy atom. The molecular weight excluding hydrogens is 362 g/mol. The Morgan fingerprint density at radius 1 is 0.964 bits per heavy atom. The molecular formula is C20H12F2N6. The molecule has 2 aromatic carbocycles. The van der Waals surface area contributed by atoms with Crippen LogP contribution in [0, 0.1) is 11.6 Å². The van der Waals surface area contributed by atoms with Crippen molar-refractivity contribution < 1.29 is 8.78 Å². The van der Waals surface area contributed by atoms with Gasteiger partial charge in [-0.05, 0) is 24.3 Å². The molecule has 0 unspecified atom stereocenters. The lowest BCUT2D eigenvalue weighted by molar-refractivity contribution is 0.586. The van der Waals surface area contributed by atoms with E-state index in [0.29, 0.717) is 17.2 Å². The van der Waals surface area contributed by atoms with Crippen molar-refractivity contribution in [3.63, 3.8) is 0 Å². The van der Waals surface area contributed by atoms with Crippen molar-refractivity contribution in [1.29, 1.82) is 0 Å². The fourth-order valence-corrected chi connectivity index (χ4v) is 3.21. The summed E-state index contributed by atoms with van der Waals surface area (Å²) in [7, 11) is 0. The van der Waals surface area contributed by atoms with E-state index < -0.39 is 11.6 Å². The van der Waals surface area contributed by atoms with Gasteiger partial charge >= 0.3 is 0 Å². The predicted octanol–water partition coefficient (Wildman–Crippen LogP) is 4.59. The number of rotatable bonds is 3. The molecule has 0 fully saturated rings. The molecule has 0 aliphatic heterocycles. The lowest BCUT2D eigenvalue weighted by Gasteiger charge is -2.13. The molecule has 0 spiro atoms. The highest BCUT2D eigenvalue weighted by Crippen LogP contribution is 2.34. The molecule has 5 rings (SSSR count). The van der Waals surface area contributed by atoms with E-state index in [1.54, 1.807) is 18.5 Å². The van der Waals surface area contributed by atoms with Crippen molar-refractivity contribution in [2.45, 2.75) is 0 Å². The summed E-state index contributed by atoms with van der Waals surface area (Å²) in [5.41, 5.74) is 1.54. The first-order valence-corrected chi connectivity index (χ1v) is 8.45. The van der Waals surface area contributed by atoms with Gasteiger partial charge in [-0.1, -0.05) is 12.1 Å². The van der Waals surface area contributed by atoms with Crippen LogP contribution in [0.4, 0.5) is 20.3 Å². The number of nitrogens with zero attached hydrogens (tertiary/aromatic N) is 4. The zero-order chi connectivity index (χ0) is 19.1. The van der Waals surface area contributed by atoms with Gasteiger partial charge in [-0.25, -0.2) is 18.7 Å². The number of fused-ring (bicyclic) bond motifs is 3. The molecule has 8 heteroatoms. The molecule has 3 aromatic heterocycles. The number of aromatic nitrogens is 5. The number of H-pyrrole nitrogens is 1. The summed E-state index contributed by atoms with van der Waals surface area (Å²) in [5.74, 6) is -0.341. The summed E-state index contributed by atoms with van der Waals surface area (Å²) in [5, 5.41) is 12.2. The second-order valence-electron chi connectivity index (χ2n) is 6.17. The third-order valence-electron chi connectivity index (χ3n) is 4.48. The molecule has 0 amide bonds. The van der Waals surface area contributed by atoms with Crippen molar-refractivity contribution in [2.75, 3.05) is 5.32 Å². The van der Waals surface area contributed by atoms with Gasteiger partial charge < -0.3 is 5.32 Å². The lowest BCUT2D eigenvalue weighted by atomic mass is 10.0. The number of anilines is 2. The van der Waals surface area contributed by atoms with E-state index in [1.165, 1.54) is 18.5 Å². The largest absolute Gasteiger partial charge is 0.337 e. The highest BCUT2D eigenvalue weighted by molar-refractivity contribution is 6.13. The fraction of sp³-hybridized carbons (Fsp3) is 0. The first-order valence-electron chi connectivity index (χ1n) is 8.45. The minimum Gasteiger partial charge on any atom is -0.337 e. The Morgan fingerprint density at radius 3 is 2.71 bits per heavy atom. The van der Waals surface area contributed by atoms with Gasteiger partial charge in [0.1, 0.15) is 23.8 Å². The van der Waals surface area contributed by atoms with Crippen LogP contribution in [0.2, 0.25) is 0 Å². The molecule has 28 heavy (non-hydrogen) atoms. The molecule has 0 aliphatic carbocycles. The summed E-state index contributed by atoms with van der Waals surface area (Å²) in [6, 6.07) is 10.9. The Labute approximate surface area is 157 Å². The molecule has 0 bridgehead atoms. The van der Waals surface area contributed by atoms with Crippen LogP contribution in [0.3, 0.4) is 0 Å². The second kappa shape index (κ2) is 6.34. The van der Waals surface area contributed by atoms with E-state index in [9.17, 15) is 8.78 Å². The number of hydrogen-bond acceptors (Lipinski definition) is 5. The molecule has 136 valence electrons. The Hall–Kier alpha value is -3.94. The van der Waals surface area contributed by atoms with Gasteiger partial charge in [0.2, 0.25) is 0 Å². The van der Waals surface area contributed by atoms with Crippen LogP contribution in [0.25, 0.3) is 33.1 Å². The summed E-state index contributed by atoms with van der Waals surface area (Å²) in [6.07, 6.45) is 4.79. The Bertz CT molecular complexity index is 1320. The van der Waals surface area contributed by atoms with Gasteiger partial charge in [-0.3, -0.25) is 10.1 Å². The molecule has 2 N–H and O–H groups in total. The molecule has 3 heterocycles. The maximum absolute atomic E-state index is 14.2. The monoisotopic (exact) mass is 374 g/mol. The van der Waals surface area contributed by atoms with E-state index >= 15 is 0 Å². The van der Waals surface area contributed by atoms with Crippen molar-refractivity contribution >= 4 is 33.2 Å². The van der Waals surface area contributed by atoms with Crippen molar-refractivity contribution in [2.24, 2.45) is 0 Å². The van der Waals surface area contributed by atoms with Crippen LogP contribution in [-0.4, -0.2) is 25.1 Å². The van der Waals surface area contributed by atoms with Gasteiger partial charge in [-0.2, -0.15) is 5.10 Å². The summed E-state index contributed by atoms with van der Waals surface area (Å²) >= 11 is 0. The average molecular weight is 374 g/mol. The van der Waals surface area contributed by atoms with Crippen molar-refractivity contribution in [3.05, 3.63) is 72.8 Å². The standard InChI is InChI=1S/C20H12F2N6/c21-11-4-5-17(16(22)8-11)26-20-13-6-7-23-9-15(13)12-2-1-3-14(18(12)27-20)19-24-10-25-28-19/h1-10H,(H,26,27)(H,24,25,28). The minimum atomic E-state index is -0.701. The van der Waals surface area contributed by atoms with Gasteiger partial charge in [-0.15, -0.1) is 0 Å². The number of aromatic amines is 1. The molecule has 0 saturated carbocycles. The van der Waals surface area contributed by atoms with E-state index in [1.807, 2.05) is 18.2 Å². The first kappa shape index (κ1) is 16.2. The Kier molecular flexibility index (Phi) is 3.68. The SMILES string of the molecule is Fc1ccc(Nc2nc3c(-c4ncn[nH]4)cccc3c3cnccc23)c(F)c1. The number of pyridine rings is 2. The van der Waals surface area contributed by atoms with Crippen LogP contribution in [0.15, 0.2) is 61.2 Å². The third kappa shape index (κ3) is 2.62. The van der Waals surface area contributed by atoms with Crippen LogP contribution < -0.4 is 5.32 Å². The maximum atomic E-state index is 14.2. The van der Waals surface area contributed by atoms with Gasteiger partial charge in [0, 0.05) is 40.2 Å². The van der Waals surface area contributed by atoms with E-state index in [2.05, 4.69) is 25.5 Å². The third-order valence-corrected chi connectivity index (χ3v) is 4.48. The first-order chi connectivity index (χ1) is 13.7.